The lowest BCUT2D eigenvalue weighted by molar-refractivity contribution is -0.126. The van der Waals surface area contributed by atoms with Crippen molar-refractivity contribution in [3.63, 3.8) is 0 Å². The zero-order valence-corrected chi connectivity index (χ0v) is 15.1. The summed E-state index contributed by atoms with van der Waals surface area (Å²) >= 11 is 5.97. The van der Waals surface area contributed by atoms with Crippen molar-refractivity contribution in [1.82, 2.24) is 10.6 Å². The lowest BCUT2D eigenvalue weighted by Crippen LogP contribution is -2.44. The van der Waals surface area contributed by atoms with Crippen molar-refractivity contribution in [3.05, 3.63) is 34.9 Å². The maximum absolute atomic E-state index is 12.7. The highest BCUT2D eigenvalue weighted by molar-refractivity contribution is 6.30. The van der Waals surface area contributed by atoms with Gasteiger partial charge in [0, 0.05) is 31.8 Å². The van der Waals surface area contributed by atoms with Crippen LogP contribution in [0.5, 0.6) is 0 Å². The zero-order valence-electron chi connectivity index (χ0n) is 13.6. The molecular weight excluding hydrogens is 335 g/mol. The molecule has 0 radical (unpaired) electrons. The second kappa shape index (κ2) is 10.1. The Hall–Kier alpha value is -0.810. The molecule has 0 bridgehead atoms. The molecule has 0 aliphatic heterocycles. The highest BCUT2D eigenvalue weighted by atomic mass is 35.5. The van der Waals surface area contributed by atoms with E-state index in [1.165, 1.54) is 0 Å². The van der Waals surface area contributed by atoms with Crippen LogP contribution in [-0.2, 0) is 14.9 Å². The summed E-state index contributed by atoms with van der Waals surface area (Å²) in [4.78, 5) is 12.7. The fourth-order valence-electron chi connectivity index (χ4n) is 3.13. The van der Waals surface area contributed by atoms with Crippen molar-refractivity contribution in [2.24, 2.45) is 0 Å². The molecule has 0 aromatic heterocycles. The first-order valence-electron chi connectivity index (χ1n) is 7.93. The average Bonchev–Trinajstić information content (AvgIpc) is 3.02. The number of carbonyl (C=O) groups is 1. The van der Waals surface area contributed by atoms with Crippen molar-refractivity contribution in [2.45, 2.75) is 31.1 Å². The Morgan fingerprint density at radius 1 is 1.17 bits per heavy atom. The Kier molecular flexibility index (Phi) is 8.92. The highest BCUT2D eigenvalue weighted by Gasteiger charge is 2.42. The molecule has 0 unspecified atom stereocenters. The first kappa shape index (κ1) is 20.2. The van der Waals surface area contributed by atoms with Gasteiger partial charge in [-0.05, 0) is 30.5 Å². The van der Waals surface area contributed by atoms with Gasteiger partial charge in [0.25, 0.3) is 0 Å². The van der Waals surface area contributed by atoms with Crippen molar-refractivity contribution in [1.29, 1.82) is 0 Å². The molecule has 2 rings (SSSR count). The normalized spacial score (nSPS) is 15.9. The minimum atomic E-state index is -0.378. The quantitative estimate of drug-likeness (QED) is 0.700. The van der Waals surface area contributed by atoms with E-state index < -0.39 is 0 Å². The van der Waals surface area contributed by atoms with Gasteiger partial charge in [-0.3, -0.25) is 4.79 Å². The minimum Gasteiger partial charge on any atom is -0.383 e. The van der Waals surface area contributed by atoms with E-state index in [2.05, 4.69) is 10.6 Å². The molecular formula is C17H26Cl2N2O2. The Balaban J connectivity index is 0.00000264. The van der Waals surface area contributed by atoms with Crippen LogP contribution in [-0.4, -0.2) is 39.3 Å². The van der Waals surface area contributed by atoms with Crippen molar-refractivity contribution in [2.75, 3.05) is 33.4 Å². The average molecular weight is 361 g/mol. The van der Waals surface area contributed by atoms with Gasteiger partial charge in [-0.1, -0.05) is 36.6 Å². The molecule has 1 fully saturated rings. The summed E-state index contributed by atoms with van der Waals surface area (Å²) in [7, 11) is 1.68. The lowest BCUT2D eigenvalue weighted by atomic mass is 9.78. The van der Waals surface area contributed by atoms with Crippen molar-refractivity contribution >= 4 is 29.9 Å². The highest BCUT2D eigenvalue weighted by Crippen LogP contribution is 2.41. The molecule has 4 nitrogen and oxygen atoms in total. The third-order valence-electron chi connectivity index (χ3n) is 4.36. The maximum Gasteiger partial charge on any atom is 0.230 e. The van der Waals surface area contributed by atoms with Crippen LogP contribution in [0.4, 0.5) is 0 Å². The fraction of sp³-hybridized carbons (Fsp3) is 0.588. The molecule has 1 aromatic rings. The Labute approximate surface area is 149 Å². The summed E-state index contributed by atoms with van der Waals surface area (Å²) in [6.45, 7) is 2.88. The molecule has 0 atom stereocenters. The number of hydrogen-bond donors (Lipinski definition) is 2. The fourth-order valence-corrected chi connectivity index (χ4v) is 3.25. The standard InChI is InChI=1S/C17H25ClN2O2.ClH/c1-22-13-12-19-10-11-20-16(21)17(8-2-3-9-17)14-4-6-15(18)7-5-14;/h4-7,19H,2-3,8-13H2,1H3,(H,20,21);1H. The van der Waals surface area contributed by atoms with Crippen LogP contribution in [0.3, 0.4) is 0 Å². The van der Waals surface area contributed by atoms with Crippen LogP contribution >= 0.6 is 24.0 Å². The molecule has 6 heteroatoms. The number of halogens is 2. The van der Waals surface area contributed by atoms with Gasteiger partial charge >= 0.3 is 0 Å². The molecule has 0 saturated heterocycles. The number of ether oxygens (including phenoxy) is 1. The summed E-state index contributed by atoms with van der Waals surface area (Å²) in [5.74, 6) is 0.140. The summed E-state index contributed by atoms with van der Waals surface area (Å²) in [5.41, 5.74) is 0.705. The van der Waals surface area contributed by atoms with E-state index in [1.807, 2.05) is 24.3 Å². The van der Waals surface area contributed by atoms with E-state index in [0.717, 1.165) is 44.3 Å². The molecule has 0 heterocycles. The molecule has 1 saturated carbocycles. The molecule has 1 aromatic carbocycles. The predicted molar refractivity (Wildman–Crippen MR) is 96.6 cm³/mol. The minimum absolute atomic E-state index is 0. The maximum atomic E-state index is 12.7. The van der Waals surface area contributed by atoms with Crippen molar-refractivity contribution < 1.29 is 9.53 Å². The van der Waals surface area contributed by atoms with Gasteiger partial charge in [-0.15, -0.1) is 12.4 Å². The number of benzene rings is 1. The predicted octanol–water partition coefficient (Wildman–Crippen LogP) is 2.93. The van der Waals surface area contributed by atoms with E-state index in [4.69, 9.17) is 16.3 Å². The first-order valence-corrected chi connectivity index (χ1v) is 8.31. The summed E-state index contributed by atoms with van der Waals surface area (Å²) in [6.07, 6.45) is 4.03. The summed E-state index contributed by atoms with van der Waals surface area (Å²) in [5, 5.41) is 7.02. The zero-order chi connectivity index (χ0) is 15.8. The van der Waals surface area contributed by atoms with Crippen LogP contribution in [0.2, 0.25) is 5.02 Å². The molecule has 1 amide bonds. The molecule has 2 N–H and O–H groups in total. The first-order chi connectivity index (χ1) is 10.7. The van der Waals surface area contributed by atoms with Crippen LogP contribution in [0, 0.1) is 0 Å². The second-order valence-electron chi connectivity index (χ2n) is 5.79. The largest absolute Gasteiger partial charge is 0.383 e. The third kappa shape index (κ3) is 5.35. The van der Waals surface area contributed by atoms with Gasteiger partial charge in [-0.25, -0.2) is 0 Å². The van der Waals surface area contributed by atoms with Gasteiger partial charge in [0.2, 0.25) is 5.91 Å². The number of carbonyl (C=O) groups excluding carboxylic acids is 1. The Morgan fingerprint density at radius 2 is 1.83 bits per heavy atom. The SMILES string of the molecule is COCCNCCNC(=O)C1(c2ccc(Cl)cc2)CCCC1.Cl. The topological polar surface area (TPSA) is 50.4 Å². The van der Waals surface area contributed by atoms with Crippen LogP contribution < -0.4 is 10.6 Å². The molecule has 1 aliphatic carbocycles. The second-order valence-corrected chi connectivity index (χ2v) is 6.23. The molecule has 0 spiro atoms. The number of hydrogen-bond acceptors (Lipinski definition) is 3. The number of nitrogens with one attached hydrogen (secondary N) is 2. The summed E-state index contributed by atoms with van der Waals surface area (Å²) < 4.78 is 4.97. The van der Waals surface area contributed by atoms with Gasteiger partial charge in [-0.2, -0.15) is 0 Å². The van der Waals surface area contributed by atoms with Gasteiger partial charge < -0.3 is 15.4 Å². The number of amides is 1. The van der Waals surface area contributed by atoms with Crippen LogP contribution in [0.25, 0.3) is 0 Å². The smallest absolute Gasteiger partial charge is 0.230 e. The Bertz CT molecular complexity index is 474. The third-order valence-corrected chi connectivity index (χ3v) is 4.61. The number of methoxy groups -OCH3 is 1. The molecule has 130 valence electrons. The van der Waals surface area contributed by atoms with E-state index in [-0.39, 0.29) is 23.7 Å². The van der Waals surface area contributed by atoms with E-state index in [1.54, 1.807) is 7.11 Å². The van der Waals surface area contributed by atoms with Crippen LogP contribution in [0.1, 0.15) is 31.2 Å². The molecule has 1 aliphatic rings. The van der Waals surface area contributed by atoms with Gasteiger partial charge in [0.05, 0.1) is 12.0 Å². The van der Waals surface area contributed by atoms with E-state index >= 15 is 0 Å². The Morgan fingerprint density at radius 3 is 2.43 bits per heavy atom. The van der Waals surface area contributed by atoms with Gasteiger partial charge in [0.15, 0.2) is 0 Å². The molecule has 23 heavy (non-hydrogen) atoms. The number of rotatable bonds is 8. The lowest BCUT2D eigenvalue weighted by Gasteiger charge is -2.28. The van der Waals surface area contributed by atoms with Gasteiger partial charge in [0.1, 0.15) is 0 Å². The van der Waals surface area contributed by atoms with Crippen molar-refractivity contribution in [3.8, 4) is 0 Å². The monoisotopic (exact) mass is 360 g/mol. The van der Waals surface area contributed by atoms with E-state index in [9.17, 15) is 4.79 Å². The van der Waals surface area contributed by atoms with E-state index in [0.29, 0.717) is 18.2 Å². The van der Waals surface area contributed by atoms with Crippen LogP contribution in [0.15, 0.2) is 24.3 Å². The summed E-state index contributed by atoms with van der Waals surface area (Å²) in [6, 6.07) is 7.72.